The predicted molar refractivity (Wildman–Crippen MR) is 119 cm³/mol. The van der Waals surface area contributed by atoms with Crippen LogP contribution in [-0.4, -0.2) is 56.1 Å². The minimum atomic E-state index is -0.0846. The van der Waals surface area contributed by atoms with Gasteiger partial charge in [-0.25, -0.2) is 0 Å². The van der Waals surface area contributed by atoms with Gasteiger partial charge in [0, 0.05) is 37.8 Å². The molecule has 0 radical (unpaired) electrons. The summed E-state index contributed by atoms with van der Waals surface area (Å²) in [6.45, 7) is 3.69. The van der Waals surface area contributed by atoms with Crippen molar-refractivity contribution in [2.75, 3.05) is 45.7 Å². The molecule has 1 N–H and O–H groups in total. The molecule has 0 aromatic heterocycles. The Morgan fingerprint density at radius 3 is 2.59 bits per heavy atom. The molecule has 1 atom stereocenters. The molecule has 1 aliphatic heterocycles. The summed E-state index contributed by atoms with van der Waals surface area (Å²) in [7, 11) is 4.05. The first kappa shape index (κ1) is 22.1. The highest BCUT2D eigenvalue weighted by molar-refractivity contribution is 6.42. The maximum absolute atomic E-state index is 12.9. The second kappa shape index (κ2) is 10.4. The smallest absolute Gasteiger partial charge is 0.226 e. The summed E-state index contributed by atoms with van der Waals surface area (Å²) in [6, 6.07) is 13.5. The summed E-state index contributed by atoms with van der Waals surface area (Å²) in [5.74, 6) is -0.0328. The zero-order valence-corrected chi connectivity index (χ0v) is 18.3. The molecule has 7 heteroatoms. The quantitative estimate of drug-likeness (QED) is 0.697. The van der Waals surface area contributed by atoms with Gasteiger partial charge in [0.25, 0.3) is 0 Å². The third-order valence-corrected chi connectivity index (χ3v) is 5.64. The molecule has 29 heavy (non-hydrogen) atoms. The second-order valence-electron chi connectivity index (χ2n) is 7.53. The van der Waals surface area contributed by atoms with E-state index in [0.29, 0.717) is 29.7 Å². The molecule has 0 spiro atoms. The van der Waals surface area contributed by atoms with Crippen LogP contribution in [0.5, 0.6) is 0 Å². The Labute approximate surface area is 182 Å². The number of nitrogens with one attached hydrogen (secondary N) is 1. The van der Waals surface area contributed by atoms with Gasteiger partial charge in [0.15, 0.2) is 0 Å². The Bertz CT molecular complexity index is 839. The zero-order chi connectivity index (χ0) is 20.8. The van der Waals surface area contributed by atoms with E-state index < -0.39 is 0 Å². The second-order valence-corrected chi connectivity index (χ2v) is 8.34. The molecule has 2 aromatic rings. The van der Waals surface area contributed by atoms with E-state index in [4.69, 9.17) is 27.9 Å². The van der Waals surface area contributed by atoms with Gasteiger partial charge in [0.1, 0.15) is 0 Å². The molecule has 2 aromatic carbocycles. The lowest BCUT2D eigenvalue weighted by atomic mass is 10.0. The standard InChI is InChI=1S/C22H27Cl2N3O2/c1-26(2)15-16-4-3-5-18(12-16)25-22(28)14-21(27-8-10-29-11-9-27)17-6-7-19(23)20(24)13-17/h3-7,12-13,21H,8-11,14-15H2,1-2H3,(H,25,28)/t21-/m0/s1. The van der Waals surface area contributed by atoms with E-state index in [1.807, 2.05) is 44.4 Å². The van der Waals surface area contributed by atoms with E-state index in [9.17, 15) is 4.79 Å². The van der Waals surface area contributed by atoms with Crippen LogP contribution in [-0.2, 0) is 16.1 Å². The fraction of sp³-hybridized carbons (Fsp3) is 0.409. The number of carbonyl (C=O) groups excluding carboxylic acids is 1. The first-order chi connectivity index (χ1) is 13.9. The van der Waals surface area contributed by atoms with E-state index >= 15 is 0 Å². The molecule has 5 nitrogen and oxygen atoms in total. The monoisotopic (exact) mass is 435 g/mol. The summed E-state index contributed by atoms with van der Waals surface area (Å²) in [5.41, 5.74) is 2.95. The highest BCUT2D eigenvalue weighted by Crippen LogP contribution is 2.31. The topological polar surface area (TPSA) is 44.8 Å². The van der Waals surface area contributed by atoms with Crippen molar-refractivity contribution in [1.82, 2.24) is 9.80 Å². The van der Waals surface area contributed by atoms with Crippen LogP contribution < -0.4 is 5.32 Å². The average molecular weight is 436 g/mol. The number of anilines is 1. The Kier molecular flexibility index (Phi) is 7.92. The maximum Gasteiger partial charge on any atom is 0.226 e. The summed E-state index contributed by atoms with van der Waals surface area (Å²) >= 11 is 12.3. The average Bonchev–Trinajstić information content (AvgIpc) is 2.69. The molecule has 0 saturated carbocycles. The summed E-state index contributed by atoms with van der Waals surface area (Å²) < 4.78 is 5.48. The fourth-order valence-electron chi connectivity index (χ4n) is 3.57. The van der Waals surface area contributed by atoms with Gasteiger partial charge < -0.3 is 15.0 Å². The van der Waals surface area contributed by atoms with E-state index in [1.54, 1.807) is 6.07 Å². The van der Waals surface area contributed by atoms with Crippen molar-refractivity contribution >= 4 is 34.8 Å². The lowest BCUT2D eigenvalue weighted by Crippen LogP contribution is -2.40. The van der Waals surface area contributed by atoms with Crippen molar-refractivity contribution in [2.45, 2.75) is 19.0 Å². The van der Waals surface area contributed by atoms with Crippen LogP contribution in [0.2, 0.25) is 10.0 Å². The van der Waals surface area contributed by atoms with Crippen molar-refractivity contribution in [3.05, 3.63) is 63.6 Å². The lowest BCUT2D eigenvalue weighted by Gasteiger charge is -2.34. The summed E-state index contributed by atoms with van der Waals surface area (Å²) in [6.07, 6.45) is 0.329. The molecule has 1 heterocycles. The van der Waals surface area contributed by atoms with Gasteiger partial charge in [-0.1, -0.05) is 41.4 Å². The number of amides is 1. The van der Waals surface area contributed by atoms with Crippen molar-refractivity contribution in [2.24, 2.45) is 0 Å². The van der Waals surface area contributed by atoms with Gasteiger partial charge in [0.05, 0.1) is 23.3 Å². The van der Waals surface area contributed by atoms with Crippen LogP contribution in [0, 0.1) is 0 Å². The maximum atomic E-state index is 12.9. The third-order valence-electron chi connectivity index (χ3n) is 4.90. The number of morpholine rings is 1. The molecule has 3 rings (SSSR count). The van der Waals surface area contributed by atoms with Gasteiger partial charge in [-0.2, -0.15) is 0 Å². The summed E-state index contributed by atoms with van der Waals surface area (Å²) in [5, 5.41) is 4.06. The Balaban J connectivity index is 1.74. The SMILES string of the molecule is CN(C)Cc1cccc(NC(=O)C[C@@H](c2ccc(Cl)c(Cl)c2)N2CCOCC2)c1. The number of hydrogen-bond donors (Lipinski definition) is 1. The van der Waals surface area contributed by atoms with Crippen molar-refractivity contribution < 1.29 is 9.53 Å². The Hall–Kier alpha value is -1.63. The molecule has 0 unspecified atom stereocenters. The van der Waals surface area contributed by atoms with Gasteiger partial charge in [0.2, 0.25) is 5.91 Å². The Morgan fingerprint density at radius 1 is 1.14 bits per heavy atom. The highest BCUT2D eigenvalue weighted by atomic mass is 35.5. The number of halogens is 2. The molecule has 0 bridgehead atoms. The number of rotatable bonds is 7. The molecule has 1 amide bonds. The molecule has 0 aliphatic carbocycles. The number of carbonyl (C=O) groups is 1. The first-order valence-electron chi connectivity index (χ1n) is 9.72. The van der Waals surface area contributed by atoms with E-state index in [-0.39, 0.29) is 11.9 Å². The highest BCUT2D eigenvalue weighted by Gasteiger charge is 2.25. The van der Waals surface area contributed by atoms with Crippen LogP contribution in [0.25, 0.3) is 0 Å². The molecule has 1 aliphatic rings. The number of nitrogens with zero attached hydrogens (tertiary/aromatic N) is 2. The summed E-state index contributed by atoms with van der Waals surface area (Å²) in [4.78, 5) is 17.3. The number of benzene rings is 2. The fourth-order valence-corrected chi connectivity index (χ4v) is 3.87. The van der Waals surface area contributed by atoms with Gasteiger partial charge in [-0.15, -0.1) is 0 Å². The molecular weight excluding hydrogens is 409 g/mol. The van der Waals surface area contributed by atoms with E-state index in [1.165, 1.54) is 0 Å². The zero-order valence-electron chi connectivity index (χ0n) is 16.8. The molecular formula is C22H27Cl2N3O2. The van der Waals surface area contributed by atoms with Gasteiger partial charge >= 0.3 is 0 Å². The Morgan fingerprint density at radius 2 is 1.90 bits per heavy atom. The first-order valence-corrected chi connectivity index (χ1v) is 10.5. The van der Waals surface area contributed by atoms with Crippen LogP contribution in [0.15, 0.2) is 42.5 Å². The van der Waals surface area contributed by atoms with Gasteiger partial charge in [-0.05, 0) is 49.5 Å². The lowest BCUT2D eigenvalue weighted by molar-refractivity contribution is -0.118. The predicted octanol–water partition coefficient (Wildman–Crippen LogP) is 4.46. The minimum Gasteiger partial charge on any atom is -0.379 e. The largest absolute Gasteiger partial charge is 0.379 e. The molecule has 156 valence electrons. The van der Waals surface area contributed by atoms with Crippen molar-refractivity contribution in [3.63, 3.8) is 0 Å². The third kappa shape index (κ3) is 6.43. The van der Waals surface area contributed by atoms with Crippen LogP contribution in [0.4, 0.5) is 5.69 Å². The van der Waals surface area contributed by atoms with Crippen LogP contribution >= 0.6 is 23.2 Å². The van der Waals surface area contributed by atoms with Crippen LogP contribution in [0.1, 0.15) is 23.6 Å². The van der Waals surface area contributed by atoms with Crippen LogP contribution in [0.3, 0.4) is 0 Å². The minimum absolute atomic E-state index is 0.0328. The molecule has 1 fully saturated rings. The van der Waals surface area contributed by atoms with E-state index in [0.717, 1.165) is 36.4 Å². The molecule has 1 saturated heterocycles. The number of ether oxygens (including phenoxy) is 1. The van der Waals surface area contributed by atoms with E-state index in [2.05, 4.69) is 21.2 Å². The van der Waals surface area contributed by atoms with Crippen molar-refractivity contribution in [3.8, 4) is 0 Å². The number of hydrogen-bond acceptors (Lipinski definition) is 4. The van der Waals surface area contributed by atoms with Gasteiger partial charge in [-0.3, -0.25) is 9.69 Å². The van der Waals surface area contributed by atoms with Crippen molar-refractivity contribution in [1.29, 1.82) is 0 Å². The normalized spacial score (nSPS) is 16.0.